The first-order chi connectivity index (χ1) is 9.63. The van der Waals surface area contributed by atoms with Gasteiger partial charge in [0.25, 0.3) is 5.91 Å². The van der Waals surface area contributed by atoms with Crippen LogP contribution in [0.25, 0.3) is 0 Å². The summed E-state index contributed by atoms with van der Waals surface area (Å²) in [6.45, 7) is 2.13. The van der Waals surface area contributed by atoms with Gasteiger partial charge in [0.05, 0.1) is 16.3 Å². The van der Waals surface area contributed by atoms with E-state index in [-0.39, 0.29) is 11.9 Å². The van der Waals surface area contributed by atoms with Crippen LogP contribution < -0.4 is 11.1 Å². The third-order valence-electron chi connectivity index (χ3n) is 4.25. The van der Waals surface area contributed by atoms with Crippen LogP contribution in [0, 0.1) is 5.92 Å². The van der Waals surface area contributed by atoms with Gasteiger partial charge < -0.3 is 11.1 Å². The van der Waals surface area contributed by atoms with Crippen molar-refractivity contribution in [1.82, 2.24) is 5.32 Å². The summed E-state index contributed by atoms with van der Waals surface area (Å²) in [5, 5.41) is 3.49. The van der Waals surface area contributed by atoms with Crippen LogP contribution in [-0.2, 0) is 0 Å². The molecule has 0 bridgehead atoms. The average Bonchev–Trinajstić information content (AvgIpc) is 2.48. The van der Waals surface area contributed by atoms with E-state index >= 15 is 0 Å². The molecule has 1 atom stereocenters. The predicted octanol–water partition coefficient (Wildman–Crippen LogP) is 4.01. The lowest BCUT2D eigenvalue weighted by Crippen LogP contribution is -2.40. The second-order valence-electron chi connectivity index (χ2n) is 5.60. The van der Waals surface area contributed by atoms with Crippen molar-refractivity contribution in [2.75, 3.05) is 5.73 Å². The Morgan fingerprint density at radius 3 is 2.75 bits per heavy atom. The molecule has 1 aromatic carbocycles. The number of carbonyl (C=O) groups is 1. The molecule has 1 amide bonds. The molecule has 0 aliphatic heterocycles. The van der Waals surface area contributed by atoms with Crippen molar-refractivity contribution < 1.29 is 4.79 Å². The molecule has 1 aliphatic rings. The lowest BCUT2D eigenvalue weighted by molar-refractivity contribution is 0.0911. The van der Waals surface area contributed by atoms with Crippen LogP contribution in [0.2, 0.25) is 5.02 Å². The molecule has 3 N–H and O–H groups in total. The summed E-state index contributed by atoms with van der Waals surface area (Å²) in [5.74, 6) is 0.484. The van der Waals surface area contributed by atoms with Gasteiger partial charge in [0.15, 0.2) is 0 Å². The van der Waals surface area contributed by atoms with Crippen molar-refractivity contribution in [2.24, 2.45) is 5.92 Å². The normalized spacial score (nSPS) is 17.7. The van der Waals surface area contributed by atoms with E-state index in [2.05, 4.69) is 12.2 Å². The van der Waals surface area contributed by atoms with Crippen molar-refractivity contribution >= 4 is 23.2 Å². The quantitative estimate of drug-likeness (QED) is 0.824. The summed E-state index contributed by atoms with van der Waals surface area (Å²) in [7, 11) is 0. The van der Waals surface area contributed by atoms with Crippen molar-refractivity contribution in [3.63, 3.8) is 0 Å². The van der Waals surface area contributed by atoms with Gasteiger partial charge in [-0.05, 0) is 37.3 Å². The average molecular weight is 295 g/mol. The highest BCUT2D eigenvalue weighted by atomic mass is 35.5. The van der Waals surface area contributed by atoms with Gasteiger partial charge in [0.2, 0.25) is 0 Å². The number of nitrogens with two attached hydrogens (primary N) is 1. The third-order valence-corrected chi connectivity index (χ3v) is 4.67. The largest absolute Gasteiger partial charge is 0.398 e. The third kappa shape index (κ3) is 3.45. The van der Waals surface area contributed by atoms with Gasteiger partial charge in [-0.2, -0.15) is 0 Å². The first kappa shape index (κ1) is 15.2. The Kier molecular flexibility index (Phi) is 5.30. The Balaban J connectivity index is 2.06. The van der Waals surface area contributed by atoms with Crippen molar-refractivity contribution in [3.05, 3.63) is 28.8 Å². The second kappa shape index (κ2) is 6.98. The number of nitrogens with one attached hydrogen (secondary N) is 1. The zero-order valence-electron chi connectivity index (χ0n) is 12.0. The van der Waals surface area contributed by atoms with Crippen molar-refractivity contribution in [3.8, 4) is 0 Å². The van der Waals surface area contributed by atoms with Gasteiger partial charge >= 0.3 is 0 Å². The van der Waals surface area contributed by atoms with Gasteiger partial charge in [-0.3, -0.25) is 4.79 Å². The highest BCUT2D eigenvalue weighted by Crippen LogP contribution is 2.28. The van der Waals surface area contributed by atoms with Crippen LogP contribution in [0.4, 0.5) is 5.69 Å². The Hall–Kier alpha value is -1.22. The number of anilines is 1. The number of hydrogen-bond acceptors (Lipinski definition) is 2. The molecule has 0 spiro atoms. The van der Waals surface area contributed by atoms with Crippen LogP contribution in [-0.4, -0.2) is 11.9 Å². The smallest absolute Gasteiger partial charge is 0.253 e. The van der Waals surface area contributed by atoms with Crippen molar-refractivity contribution in [2.45, 2.75) is 51.5 Å². The summed E-state index contributed by atoms with van der Waals surface area (Å²) < 4.78 is 0. The highest BCUT2D eigenvalue weighted by Gasteiger charge is 2.24. The van der Waals surface area contributed by atoms with E-state index in [4.69, 9.17) is 17.3 Å². The van der Waals surface area contributed by atoms with Gasteiger partial charge in [-0.25, -0.2) is 0 Å². The lowest BCUT2D eigenvalue weighted by atomic mass is 9.83. The van der Waals surface area contributed by atoms with E-state index in [9.17, 15) is 4.79 Å². The number of hydrogen-bond donors (Lipinski definition) is 2. The summed E-state index contributed by atoms with van der Waals surface area (Å²) in [5.41, 5.74) is 6.67. The van der Waals surface area contributed by atoms with Gasteiger partial charge in [0.1, 0.15) is 0 Å². The molecule has 0 heterocycles. The SMILES string of the molecule is CCC(NC(=O)c1cccc(N)c1Cl)C1CCCCC1. The molecule has 0 radical (unpaired) electrons. The summed E-state index contributed by atoms with van der Waals surface area (Å²) in [6.07, 6.45) is 7.25. The van der Waals surface area contributed by atoms with Crippen LogP contribution >= 0.6 is 11.6 Å². The molecule has 0 aromatic heterocycles. The maximum absolute atomic E-state index is 12.4. The molecular formula is C16H23ClN2O. The van der Waals surface area contributed by atoms with Gasteiger partial charge in [-0.1, -0.05) is 43.9 Å². The fourth-order valence-electron chi connectivity index (χ4n) is 3.06. The summed E-state index contributed by atoms with van der Waals surface area (Å²) in [6, 6.07) is 5.43. The summed E-state index contributed by atoms with van der Waals surface area (Å²) >= 11 is 6.11. The molecule has 1 unspecified atom stereocenters. The fourth-order valence-corrected chi connectivity index (χ4v) is 3.27. The molecule has 3 nitrogen and oxygen atoms in total. The van der Waals surface area contributed by atoms with Crippen LogP contribution in [0.15, 0.2) is 18.2 Å². The number of nitrogen functional groups attached to an aromatic ring is 1. The Bertz CT molecular complexity index is 470. The van der Waals surface area contributed by atoms with E-state index in [1.54, 1.807) is 18.2 Å². The first-order valence-corrected chi connectivity index (χ1v) is 7.86. The zero-order chi connectivity index (χ0) is 14.5. The first-order valence-electron chi connectivity index (χ1n) is 7.48. The minimum atomic E-state index is -0.111. The van der Waals surface area contributed by atoms with E-state index in [0.29, 0.717) is 22.2 Å². The standard InChI is InChI=1S/C16H23ClN2O/c1-2-14(11-7-4-3-5-8-11)19-16(20)12-9-6-10-13(18)15(12)17/h6,9-11,14H,2-5,7-8,18H2,1H3,(H,19,20). The molecule has 20 heavy (non-hydrogen) atoms. The molecular weight excluding hydrogens is 272 g/mol. The minimum absolute atomic E-state index is 0.111. The monoisotopic (exact) mass is 294 g/mol. The van der Waals surface area contributed by atoms with E-state index in [1.165, 1.54) is 32.1 Å². The highest BCUT2D eigenvalue weighted by molar-refractivity contribution is 6.36. The van der Waals surface area contributed by atoms with Crippen LogP contribution in [0.3, 0.4) is 0 Å². The fraction of sp³-hybridized carbons (Fsp3) is 0.562. The number of amides is 1. The number of halogens is 1. The van der Waals surface area contributed by atoms with E-state index in [0.717, 1.165) is 6.42 Å². The van der Waals surface area contributed by atoms with Gasteiger partial charge in [0, 0.05) is 6.04 Å². The molecule has 1 fully saturated rings. The van der Waals surface area contributed by atoms with Crippen molar-refractivity contribution in [1.29, 1.82) is 0 Å². The molecule has 1 saturated carbocycles. The Morgan fingerprint density at radius 1 is 1.40 bits per heavy atom. The molecule has 110 valence electrons. The molecule has 0 saturated heterocycles. The zero-order valence-corrected chi connectivity index (χ0v) is 12.7. The second-order valence-corrected chi connectivity index (χ2v) is 5.97. The maximum atomic E-state index is 12.4. The summed E-state index contributed by atoms with van der Waals surface area (Å²) in [4.78, 5) is 12.4. The predicted molar refractivity (Wildman–Crippen MR) is 84.0 cm³/mol. The van der Waals surface area contributed by atoms with E-state index in [1.807, 2.05) is 0 Å². The number of rotatable bonds is 4. The molecule has 2 rings (SSSR count). The number of benzene rings is 1. The Labute approximate surface area is 125 Å². The topological polar surface area (TPSA) is 55.1 Å². The lowest BCUT2D eigenvalue weighted by Gasteiger charge is -2.30. The van der Waals surface area contributed by atoms with Crippen LogP contribution in [0.5, 0.6) is 0 Å². The molecule has 1 aliphatic carbocycles. The maximum Gasteiger partial charge on any atom is 0.253 e. The molecule has 1 aromatic rings. The van der Waals surface area contributed by atoms with Gasteiger partial charge in [-0.15, -0.1) is 0 Å². The Morgan fingerprint density at radius 2 is 2.10 bits per heavy atom. The number of carbonyl (C=O) groups excluding carboxylic acids is 1. The van der Waals surface area contributed by atoms with Crippen LogP contribution in [0.1, 0.15) is 55.8 Å². The van der Waals surface area contributed by atoms with E-state index < -0.39 is 0 Å². The molecule has 4 heteroatoms. The minimum Gasteiger partial charge on any atom is -0.398 e.